The summed E-state index contributed by atoms with van der Waals surface area (Å²) >= 11 is 1.73. The van der Waals surface area contributed by atoms with E-state index in [-0.39, 0.29) is 11.4 Å². The van der Waals surface area contributed by atoms with E-state index in [1.807, 2.05) is 0 Å². The number of nitrogens with zero attached hydrogens (tertiary/aromatic N) is 2. The normalized spacial score (nSPS) is 12.8. The predicted octanol–water partition coefficient (Wildman–Crippen LogP) is 2.53. The first-order valence-corrected chi connectivity index (χ1v) is 7.64. The lowest BCUT2D eigenvalue weighted by molar-refractivity contribution is 0.349. The largest absolute Gasteiger partial charge is 0.356 e. The fraction of sp³-hybridized carbons (Fsp3) is 0.833. The maximum atomic E-state index is 11.7. The van der Waals surface area contributed by atoms with E-state index < -0.39 is 0 Å². The highest BCUT2D eigenvalue weighted by atomic mass is 127. The van der Waals surface area contributed by atoms with Gasteiger partial charge in [0.05, 0.1) is 22.9 Å². The van der Waals surface area contributed by atoms with Crippen LogP contribution in [-0.4, -0.2) is 12.6 Å². The Morgan fingerprint density at radius 3 is 2.39 bits per heavy atom. The summed E-state index contributed by atoms with van der Waals surface area (Å²) < 4.78 is 2.54. The second kappa shape index (κ2) is 7.81. The van der Waals surface area contributed by atoms with E-state index in [1.54, 1.807) is 22.9 Å². The van der Waals surface area contributed by atoms with Crippen LogP contribution < -0.4 is 11.4 Å². The molecule has 104 valence electrons. The van der Waals surface area contributed by atoms with Gasteiger partial charge >= 0.3 is 11.4 Å². The molecule has 0 aromatic carbocycles. The molecule has 0 spiro atoms. The van der Waals surface area contributed by atoms with Crippen LogP contribution in [0.25, 0.3) is 0 Å². The Bertz CT molecular complexity index is 461. The van der Waals surface area contributed by atoms with Crippen LogP contribution in [0.2, 0.25) is 0 Å². The van der Waals surface area contributed by atoms with Crippen molar-refractivity contribution in [1.29, 1.82) is 0 Å². The highest BCUT2D eigenvalue weighted by Gasteiger charge is 2.13. The molecule has 0 saturated carbocycles. The third-order valence-corrected chi connectivity index (χ3v) is 4.01. The summed E-state index contributed by atoms with van der Waals surface area (Å²) in [5.41, 5.74) is -0.596. The minimum Gasteiger partial charge on any atom is -0.245 e. The van der Waals surface area contributed by atoms with Gasteiger partial charge in [-0.3, -0.25) is 0 Å². The molecule has 18 heavy (non-hydrogen) atoms. The summed E-state index contributed by atoms with van der Waals surface area (Å²) in [6.07, 6.45) is 6.98. The van der Waals surface area contributed by atoms with Gasteiger partial charge in [0, 0.05) is 6.54 Å². The molecule has 0 fully saturated rings. The van der Waals surface area contributed by atoms with Crippen molar-refractivity contribution >= 4 is 22.9 Å². The number of aromatic nitrogens is 3. The zero-order chi connectivity index (χ0) is 13.5. The topological polar surface area (TPSA) is 59.8 Å². The van der Waals surface area contributed by atoms with Gasteiger partial charge in [-0.05, 0) is 18.8 Å². The lowest BCUT2D eigenvalue weighted by Crippen LogP contribution is -2.25. The molecule has 1 aromatic rings. The van der Waals surface area contributed by atoms with Gasteiger partial charge in [0.1, 0.15) is 0 Å². The fourth-order valence-electron chi connectivity index (χ4n) is 2.20. The Balaban J connectivity index is 2.67. The van der Waals surface area contributed by atoms with E-state index in [1.165, 1.54) is 23.9 Å². The quantitative estimate of drug-likeness (QED) is 0.567. The smallest absolute Gasteiger partial charge is 0.245 e. The first-order valence-electron chi connectivity index (χ1n) is 6.68. The van der Waals surface area contributed by atoms with E-state index in [2.05, 4.69) is 18.9 Å². The van der Waals surface area contributed by atoms with Crippen LogP contribution in [0.4, 0.5) is 0 Å². The Morgan fingerprint density at radius 2 is 1.89 bits per heavy atom. The molecule has 0 amide bonds. The van der Waals surface area contributed by atoms with Gasteiger partial charge in [-0.2, -0.15) is 2.78 Å². The van der Waals surface area contributed by atoms with Crippen molar-refractivity contribution in [3.63, 3.8) is 0 Å². The first kappa shape index (κ1) is 15.5. The lowest BCUT2D eigenvalue weighted by atomic mass is 9.96. The lowest BCUT2D eigenvalue weighted by Gasteiger charge is -2.15. The van der Waals surface area contributed by atoms with Gasteiger partial charge in [0.2, 0.25) is 0 Å². The van der Waals surface area contributed by atoms with E-state index in [9.17, 15) is 9.59 Å². The molecule has 1 heterocycles. The van der Waals surface area contributed by atoms with Gasteiger partial charge in [0.15, 0.2) is 0 Å². The molecule has 5 nitrogen and oxygen atoms in total. The van der Waals surface area contributed by atoms with Crippen molar-refractivity contribution in [2.45, 2.75) is 58.9 Å². The zero-order valence-corrected chi connectivity index (χ0v) is 13.3. The van der Waals surface area contributed by atoms with Crippen molar-refractivity contribution < 1.29 is 0 Å². The number of unbranched alkanes of at least 4 members (excludes halogenated alkanes) is 2. The Labute approximate surface area is 121 Å². The Hall–Kier alpha value is -0.530. The molecule has 0 bridgehead atoms. The summed E-state index contributed by atoms with van der Waals surface area (Å²) in [4.78, 5) is 23.1. The number of halogens is 1. The molecule has 0 aliphatic heterocycles. The van der Waals surface area contributed by atoms with Crippen LogP contribution in [0.1, 0.15) is 52.4 Å². The van der Waals surface area contributed by atoms with E-state index >= 15 is 0 Å². The van der Waals surface area contributed by atoms with E-state index in [0.717, 1.165) is 22.0 Å². The summed E-state index contributed by atoms with van der Waals surface area (Å²) in [6, 6.07) is 0. The van der Waals surface area contributed by atoms with Crippen LogP contribution in [0.15, 0.2) is 9.59 Å². The van der Waals surface area contributed by atoms with Crippen LogP contribution in [0, 0.1) is 5.92 Å². The van der Waals surface area contributed by atoms with E-state index in [0.29, 0.717) is 12.5 Å². The number of H-pyrrole nitrogens is 1. The van der Waals surface area contributed by atoms with Gasteiger partial charge in [0.25, 0.3) is 0 Å². The molecule has 1 aromatic heterocycles. The van der Waals surface area contributed by atoms with Crippen LogP contribution in [0.3, 0.4) is 0 Å². The maximum absolute atomic E-state index is 11.7. The monoisotopic (exact) mass is 367 g/mol. The van der Waals surface area contributed by atoms with Gasteiger partial charge in [-0.25, -0.2) is 19.4 Å². The van der Waals surface area contributed by atoms with Crippen molar-refractivity contribution in [3.05, 3.63) is 21.0 Å². The third kappa shape index (κ3) is 4.29. The summed E-state index contributed by atoms with van der Waals surface area (Å²) in [5.74, 6) is 0.480. The Kier molecular flexibility index (Phi) is 6.73. The molecular weight excluding hydrogens is 345 g/mol. The molecule has 0 aliphatic carbocycles. The average Bonchev–Trinajstić information content (AvgIpc) is 2.58. The van der Waals surface area contributed by atoms with Gasteiger partial charge in [-0.1, -0.05) is 39.5 Å². The van der Waals surface area contributed by atoms with E-state index in [4.69, 9.17) is 0 Å². The number of hydrogen-bond donors (Lipinski definition) is 1. The van der Waals surface area contributed by atoms with Crippen molar-refractivity contribution in [2.75, 3.05) is 0 Å². The van der Waals surface area contributed by atoms with Crippen LogP contribution >= 0.6 is 22.9 Å². The molecule has 1 unspecified atom stereocenters. The molecule has 1 rings (SSSR count). The molecular formula is C12H22IN3O2. The number of nitrogens with one attached hydrogen (secondary N) is 1. The molecule has 0 saturated heterocycles. The molecule has 6 heteroatoms. The predicted molar refractivity (Wildman–Crippen MR) is 81.3 cm³/mol. The number of hydrogen-bond acceptors (Lipinski definition) is 2. The molecule has 1 N–H and O–H groups in total. The zero-order valence-electron chi connectivity index (χ0n) is 11.1. The van der Waals surface area contributed by atoms with Gasteiger partial charge in [-0.15, -0.1) is 0 Å². The van der Waals surface area contributed by atoms with Crippen molar-refractivity contribution in [1.82, 2.24) is 12.6 Å². The SMILES string of the molecule is CCCCCC(CCC)Cn1[nH]c(=O)n(I)c1=O. The number of aromatic amines is 1. The fourth-order valence-corrected chi connectivity index (χ4v) is 2.57. The standard InChI is InChI=1S/C12H22IN3O2/c1-3-5-6-8-10(7-4-2)9-15-12(18)16(13)11(17)14-15/h10H,3-9H2,1-2H3,(H,14,17). The van der Waals surface area contributed by atoms with Crippen LogP contribution in [0.5, 0.6) is 0 Å². The average molecular weight is 367 g/mol. The minimum absolute atomic E-state index is 0.253. The van der Waals surface area contributed by atoms with Crippen LogP contribution in [-0.2, 0) is 6.54 Å². The molecule has 0 radical (unpaired) electrons. The van der Waals surface area contributed by atoms with Crippen molar-refractivity contribution in [2.24, 2.45) is 5.92 Å². The first-order chi connectivity index (χ1) is 8.60. The summed E-state index contributed by atoms with van der Waals surface area (Å²) in [5, 5.41) is 2.60. The summed E-state index contributed by atoms with van der Waals surface area (Å²) in [6.45, 7) is 4.97. The van der Waals surface area contributed by atoms with Crippen molar-refractivity contribution in [3.8, 4) is 0 Å². The molecule has 0 aliphatic rings. The highest BCUT2D eigenvalue weighted by molar-refractivity contribution is 14.1. The maximum Gasteiger partial charge on any atom is 0.356 e. The second-order valence-corrected chi connectivity index (χ2v) is 5.71. The second-order valence-electron chi connectivity index (χ2n) is 4.74. The third-order valence-electron chi connectivity index (χ3n) is 3.16. The van der Waals surface area contributed by atoms with Gasteiger partial charge < -0.3 is 0 Å². The minimum atomic E-state index is -0.343. The summed E-state index contributed by atoms with van der Waals surface area (Å²) in [7, 11) is 0. The highest BCUT2D eigenvalue weighted by Crippen LogP contribution is 2.16. The number of rotatable bonds is 8. The molecule has 1 atom stereocenters. The Morgan fingerprint density at radius 1 is 1.17 bits per heavy atom.